The molecule has 5 aromatic rings. The molecule has 2 heterocycles. The monoisotopic (exact) mass is 555 g/mol. The van der Waals surface area contributed by atoms with Crippen molar-refractivity contribution in [3.05, 3.63) is 144 Å². The molecule has 4 aromatic carbocycles. The third-order valence-corrected chi connectivity index (χ3v) is 8.01. The summed E-state index contributed by atoms with van der Waals surface area (Å²) in [6, 6.07) is 39.1. The Labute approximate surface area is 248 Å². The first-order valence-corrected chi connectivity index (χ1v) is 14.8. The van der Waals surface area contributed by atoms with E-state index in [1.807, 2.05) is 65.6 Å². The zero-order chi connectivity index (χ0) is 28.7. The fraction of sp³-hybridized carbons (Fsp3) is 0.216. The summed E-state index contributed by atoms with van der Waals surface area (Å²) in [7, 11) is 0. The number of hydrogen-bond acceptors (Lipinski definition) is 3. The Morgan fingerprint density at radius 1 is 0.810 bits per heavy atom. The van der Waals surface area contributed by atoms with Gasteiger partial charge >= 0.3 is 0 Å². The molecule has 1 saturated heterocycles. The van der Waals surface area contributed by atoms with E-state index >= 15 is 0 Å². The number of nitrogens with zero attached hydrogens (tertiary/aromatic N) is 3. The fourth-order valence-corrected chi connectivity index (χ4v) is 5.65. The summed E-state index contributed by atoms with van der Waals surface area (Å²) in [5, 5.41) is 0.962. The van der Waals surface area contributed by atoms with Crippen LogP contribution >= 0.6 is 0 Å². The second kappa shape index (κ2) is 12.9. The topological polar surface area (TPSA) is 37.7 Å². The Hall–Kier alpha value is -4.61. The van der Waals surface area contributed by atoms with Crippen molar-refractivity contribution < 1.29 is 9.53 Å². The summed E-state index contributed by atoms with van der Waals surface area (Å²) < 4.78 is 8.64. The fourth-order valence-electron chi connectivity index (χ4n) is 5.65. The molecule has 0 N–H and O–H groups in total. The van der Waals surface area contributed by atoms with Crippen LogP contribution in [0.15, 0.2) is 121 Å². The van der Waals surface area contributed by atoms with E-state index < -0.39 is 0 Å². The van der Waals surface area contributed by atoms with Gasteiger partial charge in [0, 0.05) is 44.7 Å². The van der Waals surface area contributed by atoms with Crippen LogP contribution in [0.25, 0.3) is 17.0 Å². The van der Waals surface area contributed by atoms with Crippen molar-refractivity contribution in [1.82, 2.24) is 14.4 Å². The maximum absolute atomic E-state index is 14.1. The number of aromatic nitrogens is 1. The maximum Gasteiger partial charge on any atom is 0.270 e. The molecule has 5 heteroatoms. The van der Waals surface area contributed by atoms with Crippen LogP contribution in [-0.2, 0) is 6.54 Å². The third-order valence-electron chi connectivity index (χ3n) is 8.01. The molecule has 5 nitrogen and oxygen atoms in total. The van der Waals surface area contributed by atoms with Gasteiger partial charge in [-0.1, -0.05) is 109 Å². The minimum atomic E-state index is -0.113. The molecule has 0 aliphatic carbocycles. The Kier molecular flexibility index (Phi) is 8.48. The van der Waals surface area contributed by atoms with E-state index in [0.29, 0.717) is 25.3 Å². The lowest BCUT2D eigenvalue weighted by molar-refractivity contribution is 0.0640. The van der Waals surface area contributed by atoms with Crippen molar-refractivity contribution in [2.75, 3.05) is 32.7 Å². The molecular weight excluding hydrogens is 518 g/mol. The lowest BCUT2D eigenvalue weighted by atomic mass is 10.1. The van der Waals surface area contributed by atoms with E-state index in [0.717, 1.165) is 47.4 Å². The molecule has 1 aliphatic heterocycles. The average Bonchev–Trinajstić information content (AvgIpc) is 3.41. The summed E-state index contributed by atoms with van der Waals surface area (Å²) >= 11 is 0. The smallest absolute Gasteiger partial charge is 0.270 e. The number of fused-ring (bicyclic) bond motifs is 1. The molecule has 1 aliphatic rings. The van der Waals surface area contributed by atoms with Crippen molar-refractivity contribution in [3.8, 4) is 5.75 Å². The highest BCUT2D eigenvalue weighted by Crippen LogP contribution is 2.33. The normalized spacial score (nSPS) is 14.8. The Bertz CT molecular complexity index is 1640. The van der Waals surface area contributed by atoms with Crippen molar-refractivity contribution in [1.29, 1.82) is 0 Å². The zero-order valence-electron chi connectivity index (χ0n) is 24.1. The van der Waals surface area contributed by atoms with Crippen LogP contribution in [0.2, 0.25) is 0 Å². The summed E-state index contributed by atoms with van der Waals surface area (Å²) in [5.74, 6) is 0.864. The summed E-state index contributed by atoms with van der Waals surface area (Å²) in [5.41, 5.74) is 5.19. The van der Waals surface area contributed by atoms with Gasteiger partial charge in [0.2, 0.25) is 0 Å². The molecule has 6 rings (SSSR count). The molecule has 1 fully saturated rings. The molecule has 1 aromatic heterocycles. The van der Waals surface area contributed by atoms with Gasteiger partial charge in [-0.25, -0.2) is 0 Å². The molecule has 0 saturated carbocycles. The Balaban J connectivity index is 1.23. The van der Waals surface area contributed by atoms with Crippen LogP contribution < -0.4 is 4.74 Å². The van der Waals surface area contributed by atoms with Gasteiger partial charge in [-0.15, -0.1) is 0 Å². The van der Waals surface area contributed by atoms with E-state index in [1.54, 1.807) is 0 Å². The van der Waals surface area contributed by atoms with Crippen LogP contribution in [0.4, 0.5) is 0 Å². The van der Waals surface area contributed by atoms with Crippen LogP contribution in [0.1, 0.15) is 40.2 Å². The van der Waals surface area contributed by atoms with Crippen molar-refractivity contribution in [3.63, 3.8) is 0 Å². The van der Waals surface area contributed by atoms with Gasteiger partial charge in [-0.05, 0) is 41.8 Å². The predicted octanol–water partition coefficient (Wildman–Crippen LogP) is 7.30. The molecule has 1 atom stereocenters. The first-order chi connectivity index (χ1) is 20.7. The second-order valence-corrected chi connectivity index (χ2v) is 10.9. The highest BCUT2D eigenvalue weighted by Gasteiger charge is 2.26. The maximum atomic E-state index is 14.1. The number of carbonyl (C=O) groups excluding carboxylic acids is 1. The number of amides is 1. The van der Waals surface area contributed by atoms with Crippen LogP contribution in [0, 0.1) is 0 Å². The molecule has 212 valence electrons. The lowest BCUT2D eigenvalue weighted by Crippen LogP contribution is -2.49. The van der Waals surface area contributed by atoms with Crippen molar-refractivity contribution in [2.45, 2.75) is 19.6 Å². The average molecular weight is 556 g/mol. The van der Waals surface area contributed by atoms with Crippen LogP contribution in [-0.4, -0.2) is 53.0 Å². The number of rotatable bonds is 9. The summed E-state index contributed by atoms with van der Waals surface area (Å²) in [4.78, 5) is 18.5. The first kappa shape index (κ1) is 27.6. The predicted molar refractivity (Wildman–Crippen MR) is 171 cm³/mol. The van der Waals surface area contributed by atoms with E-state index in [1.165, 1.54) is 5.56 Å². The molecule has 0 radical (unpaired) electrons. The first-order valence-electron chi connectivity index (χ1n) is 14.8. The van der Waals surface area contributed by atoms with Gasteiger partial charge in [-0.2, -0.15) is 0 Å². The zero-order valence-corrected chi connectivity index (χ0v) is 24.1. The second-order valence-electron chi connectivity index (χ2n) is 10.9. The molecular formula is C37H37N3O2. The quantitative estimate of drug-likeness (QED) is 0.192. The van der Waals surface area contributed by atoms with E-state index in [2.05, 4.69) is 83.1 Å². The number of hydrogen-bond donors (Lipinski definition) is 0. The van der Waals surface area contributed by atoms with Crippen molar-refractivity contribution >= 4 is 22.9 Å². The van der Waals surface area contributed by atoms with Crippen LogP contribution in [0.3, 0.4) is 0 Å². The van der Waals surface area contributed by atoms with Gasteiger partial charge < -0.3 is 14.2 Å². The van der Waals surface area contributed by atoms with Gasteiger partial charge in [0.25, 0.3) is 5.91 Å². The Morgan fingerprint density at radius 3 is 2.19 bits per heavy atom. The van der Waals surface area contributed by atoms with E-state index in [4.69, 9.17) is 4.74 Å². The molecule has 1 amide bonds. The highest BCUT2D eigenvalue weighted by molar-refractivity contribution is 6.00. The third kappa shape index (κ3) is 6.32. The van der Waals surface area contributed by atoms with Crippen LogP contribution in [0.5, 0.6) is 5.75 Å². The van der Waals surface area contributed by atoms with Gasteiger partial charge in [-0.3, -0.25) is 9.69 Å². The number of ether oxygens (including phenoxy) is 1. The number of carbonyl (C=O) groups is 1. The lowest BCUT2D eigenvalue weighted by Gasteiger charge is -2.34. The summed E-state index contributed by atoms with van der Waals surface area (Å²) in [6.07, 6.45) is 4.26. The largest absolute Gasteiger partial charge is 0.485 e. The van der Waals surface area contributed by atoms with E-state index in [-0.39, 0.29) is 12.0 Å². The number of benzene rings is 4. The minimum Gasteiger partial charge on any atom is -0.485 e. The van der Waals surface area contributed by atoms with Gasteiger partial charge in [0.05, 0.1) is 5.52 Å². The van der Waals surface area contributed by atoms with Gasteiger partial charge in [0.1, 0.15) is 17.5 Å². The van der Waals surface area contributed by atoms with E-state index in [9.17, 15) is 4.79 Å². The minimum absolute atomic E-state index is 0.0728. The van der Waals surface area contributed by atoms with Gasteiger partial charge in [0.15, 0.2) is 0 Å². The molecule has 0 bridgehead atoms. The highest BCUT2D eigenvalue weighted by atomic mass is 16.5. The number of piperazine rings is 1. The molecule has 0 spiro atoms. The van der Waals surface area contributed by atoms with Crippen molar-refractivity contribution in [2.24, 2.45) is 0 Å². The standard InChI is InChI=1S/C37H37N3O2/c1-29(32-18-9-4-10-19-32)42-36-21-11-20-34-33(36)27-35(40(34)28-31-15-7-3-8-16-31)37(41)39-25-23-38(24-26-39)22-12-17-30-13-5-2-6-14-30/h2-21,27,29H,22-26,28H2,1H3/b17-12+. The Morgan fingerprint density at radius 2 is 1.48 bits per heavy atom. The SMILES string of the molecule is CC(Oc1cccc2c1cc(C(=O)N1CCN(C/C=C/c3ccccc3)CC1)n2Cc1ccccc1)c1ccccc1. The molecule has 42 heavy (non-hydrogen) atoms. The summed E-state index contributed by atoms with van der Waals surface area (Å²) in [6.45, 7) is 6.69. The molecule has 1 unspecified atom stereocenters.